The minimum absolute atomic E-state index is 0.428. The van der Waals surface area contributed by atoms with Crippen molar-refractivity contribution in [1.82, 2.24) is 0 Å². The fourth-order valence-electron chi connectivity index (χ4n) is 9.22. The molecular formula is C55H37NO. The number of nitrogens with zero attached hydrogens (tertiary/aromatic N) is 1. The number of rotatable bonds is 7. The number of benzene rings is 9. The molecule has 11 rings (SSSR count). The normalized spacial score (nSPS) is 12.7. The Bertz CT molecular complexity index is 3020. The summed E-state index contributed by atoms with van der Waals surface area (Å²) in [6, 6.07) is 81.1. The molecule has 0 spiro atoms. The molecular weight excluding hydrogens is 691 g/mol. The van der Waals surface area contributed by atoms with Crippen LogP contribution in [-0.2, 0) is 5.41 Å². The molecule has 0 aliphatic heterocycles. The lowest BCUT2D eigenvalue weighted by Crippen LogP contribution is -2.28. The van der Waals surface area contributed by atoms with E-state index < -0.39 is 5.41 Å². The number of anilines is 3. The lowest BCUT2D eigenvalue weighted by Gasteiger charge is -2.33. The number of furan rings is 1. The predicted molar refractivity (Wildman–Crippen MR) is 237 cm³/mol. The third-order valence-corrected chi connectivity index (χ3v) is 11.8. The third kappa shape index (κ3) is 5.26. The molecule has 0 N–H and O–H groups in total. The van der Waals surface area contributed by atoms with E-state index in [-0.39, 0.29) is 0 Å². The summed E-state index contributed by atoms with van der Waals surface area (Å²) in [6.45, 7) is 0. The van der Waals surface area contributed by atoms with Gasteiger partial charge in [-0.15, -0.1) is 0 Å². The zero-order valence-corrected chi connectivity index (χ0v) is 31.2. The van der Waals surface area contributed by atoms with E-state index in [1.807, 2.05) is 6.07 Å². The molecule has 57 heavy (non-hydrogen) atoms. The van der Waals surface area contributed by atoms with Crippen molar-refractivity contribution in [3.63, 3.8) is 0 Å². The molecule has 1 aliphatic carbocycles. The smallest absolute Gasteiger partial charge is 0.159 e. The standard InChI is InChI=1S/C55H37NO/c1-4-16-38(17-5-1)39-30-33-44(34-31-39)56(52-28-15-26-48-47-25-11-13-29-53(47)57-54(48)52)45-23-14-18-40(36-45)41-32-35-51-49(37-41)46-24-10-12-27-50(46)55(51,42-19-6-2-7-20-42)43-21-8-3-9-22-43/h1-37H. The second-order valence-electron chi connectivity index (χ2n) is 14.8. The van der Waals surface area contributed by atoms with E-state index in [4.69, 9.17) is 4.42 Å². The summed E-state index contributed by atoms with van der Waals surface area (Å²) in [4.78, 5) is 2.33. The summed E-state index contributed by atoms with van der Waals surface area (Å²) >= 11 is 0. The number of hydrogen-bond acceptors (Lipinski definition) is 2. The molecule has 9 aromatic carbocycles. The quantitative estimate of drug-likeness (QED) is 0.163. The molecule has 1 aliphatic rings. The van der Waals surface area contributed by atoms with Gasteiger partial charge < -0.3 is 9.32 Å². The maximum Gasteiger partial charge on any atom is 0.159 e. The Morgan fingerprint density at radius 1 is 0.351 bits per heavy atom. The van der Waals surface area contributed by atoms with Crippen LogP contribution in [0.2, 0.25) is 0 Å². The molecule has 10 aromatic rings. The molecule has 268 valence electrons. The first kappa shape index (κ1) is 33.0. The van der Waals surface area contributed by atoms with Gasteiger partial charge in [-0.05, 0) is 98.1 Å². The SMILES string of the molecule is c1ccc(-c2ccc(N(c3cccc(-c4ccc5c(c4)-c4ccccc4C5(c4ccccc4)c4ccccc4)c3)c3cccc4c3oc3ccccc34)cc2)cc1. The summed E-state index contributed by atoms with van der Waals surface area (Å²) in [5, 5.41) is 2.21. The van der Waals surface area contributed by atoms with E-state index in [2.05, 4.69) is 223 Å². The van der Waals surface area contributed by atoms with Gasteiger partial charge in [0.05, 0.1) is 11.1 Å². The van der Waals surface area contributed by atoms with Crippen LogP contribution in [0.1, 0.15) is 22.3 Å². The van der Waals surface area contributed by atoms with E-state index in [0.29, 0.717) is 0 Å². The van der Waals surface area contributed by atoms with Crippen molar-refractivity contribution >= 4 is 39.0 Å². The molecule has 0 bridgehead atoms. The summed E-state index contributed by atoms with van der Waals surface area (Å²) in [5.41, 5.74) is 16.8. The van der Waals surface area contributed by atoms with Crippen LogP contribution in [0.4, 0.5) is 17.1 Å². The van der Waals surface area contributed by atoms with Crippen molar-refractivity contribution in [2.75, 3.05) is 4.90 Å². The van der Waals surface area contributed by atoms with Crippen LogP contribution in [0.25, 0.3) is 55.3 Å². The predicted octanol–water partition coefficient (Wildman–Crippen LogP) is 14.8. The molecule has 2 nitrogen and oxygen atoms in total. The minimum atomic E-state index is -0.428. The molecule has 1 aromatic heterocycles. The van der Waals surface area contributed by atoms with Crippen LogP contribution in [0.15, 0.2) is 229 Å². The number of hydrogen-bond donors (Lipinski definition) is 0. The maximum atomic E-state index is 6.65. The molecule has 0 unspecified atom stereocenters. The Morgan fingerprint density at radius 3 is 1.68 bits per heavy atom. The summed E-state index contributed by atoms with van der Waals surface area (Å²) in [7, 11) is 0. The van der Waals surface area contributed by atoms with Gasteiger partial charge in [-0.2, -0.15) is 0 Å². The minimum Gasteiger partial charge on any atom is -0.454 e. The highest BCUT2D eigenvalue weighted by molar-refractivity contribution is 6.10. The lowest BCUT2D eigenvalue weighted by molar-refractivity contribution is 0.669. The highest BCUT2D eigenvalue weighted by atomic mass is 16.3. The molecule has 0 saturated carbocycles. The fourth-order valence-corrected chi connectivity index (χ4v) is 9.22. The van der Waals surface area contributed by atoms with Gasteiger partial charge in [-0.25, -0.2) is 0 Å². The Kier molecular flexibility index (Phi) is 7.75. The summed E-state index contributed by atoms with van der Waals surface area (Å²) in [5.74, 6) is 0. The first-order chi connectivity index (χ1) is 28.3. The second kappa shape index (κ2) is 13.4. The van der Waals surface area contributed by atoms with Crippen molar-refractivity contribution < 1.29 is 4.42 Å². The summed E-state index contributed by atoms with van der Waals surface area (Å²) < 4.78 is 6.65. The zero-order chi connectivity index (χ0) is 37.8. The summed E-state index contributed by atoms with van der Waals surface area (Å²) in [6.07, 6.45) is 0. The Balaban J connectivity index is 1.08. The van der Waals surface area contributed by atoms with E-state index in [0.717, 1.165) is 44.6 Å². The molecule has 0 saturated heterocycles. The Hall–Kier alpha value is -7.42. The van der Waals surface area contributed by atoms with Crippen molar-refractivity contribution in [2.24, 2.45) is 0 Å². The largest absolute Gasteiger partial charge is 0.454 e. The van der Waals surface area contributed by atoms with Gasteiger partial charge in [-0.1, -0.05) is 182 Å². The maximum absolute atomic E-state index is 6.65. The van der Waals surface area contributed by atoms with Gasteiger partial charge in [-0.3, -0.25) is 0 Å². The lowest BCUT2D eigenvalue weighted by atomic mass is 9.67. The average Bonchev–Trinajstić information content (AvgIpc) is 3.82. The highest BCUT2D eigenvalue weighted by Gasteiger charge is 2.45. The highest BCUT2D eigenvalue weighted by Crippen LogP contribution is 2.56. The van der Waals surface area contributed by atoms with Crippen LogP contribution in [-0.4, -0.2) is 0 Å². The third-order valence-electron chi connectivity index (χ3n) is 11.8. The molecule has 0 atom stereocenters. The van der Waals surface area contributed by atoms with Crippen LogP contribution >= 0.6 is 0 Å². The van der Waals surface area contributed by atoms with Crippen LogP contribution in [0.3, 0.4) is 0 Å². The monoisotopic (exact) mass is 727 g/mol. The van der Waals surface area contributed by atoms with Crippen molar-refractivity contribution in [1.29, 1.82) is 0 Å². The molecule has 0 radical (unpaired) electrons. The number of para-hydroxylation sites is 2. The molecule has 2 heteroatoms. The molecule has 0 amide bonds. The van der Waals surface area contributed by atoms with Gasteiger partial charge >= 0.3 is 0 Å². The van der Waals surface area contributed by atoms with E-state index in [1.54, 1.807) is 0 Å². The molecule has 1 heterocycles. The first-order valence-corrected chi connectivity index (χ1v) is 19.6. The van der Waals surface area contributed by atoms with Crippen molar-refractivity contribution in [3.05, 3.63) is 247 Å². The van der Waals surface area contributed by atoms with E-state index in [9.17, 15) is 0 Å². The van der Waals surface area contributed by atoms with E-state index in [1.165, 1.54) is 50.1 Å². The van der Waals surface area contributed by atoms with Crippen LogP contribution < -0.4 is 4.90 Å². The topological polar surface area (TPSA) is 16.4 Å². The van der Waals surface area contributed by atoms with Gasteiger partial charge in [0.1, 0.15) is 5.58 Å². The van der Waals surface area contributed by atoms with Gasteiger partial charge in [0.15, 0.2) is 5.58 Å². The average molecular weight is 728 g/mol. The van der Waals surface area contributed by atoms with E-state index >= 15 is 0 Å². The zero-order valence-electron chi connectivity index (χ0n) is 31.2. The van der Waals surface area contributed by atoms with Crippen LogP contribution in [0, 0.1) is 0 Å². The van der Waals surface area contributed by atoms with Crippen molar-refractivity contribution in [3.8, 4) is 33.4 Å². The van der Waals surface area contributed by atoms with Gasteiger partial charge in [0.2, 0.25) is 0 Å². The number of fused-ring (bicyclic) bond motifs is 6. The van der Waals surface area contributed by atoms with Crippen molar-refractivity contribution in [2.45, 2.75) is 5.41 Å². The second-order valence-corrected chi connectivity index (χ2v) is 14.8. The Morgan fingerprint density at radius 2 is 0.912 bits per heavy atom. The first-order valence-electron chi connectivity index (χ1n) is 19.6. The van der Waals surface area contributed by atoms with Crippen LogP contribution in [0.5, 0.6) is 0 Å². The Labute approximate surface area is 332 Å². The fraction of sp³-hybridized carbons (Fsp3) is 0.0182. The van der Waals surface area contributed by atoms with Gasteiger partial charge in [0, 0.05) is 22.1 Å². The van der Waals surface area contributed by atoms with Gasteiger partial charge in [0.25, 0.3) is 0 Å². The molecule has 0 fully saturated rings.